The van der Waals surface area contributed by atoms with Crippen LogP contribution < -0.4 is 15.4 Å². The summed E-state index contributed by atoms with van der Waals surface area (Å²) in [6.07, 6.45) is 3.38. The molecule has 1 fully saturated rings. The molecule has 2 N–H and O–H groups in total. The Morgan fingerprint density at radius 2 is 1.72 bits per heavy atom. The summed E-state index contributed by atoms with van der Waals surface area (Å²) in [4.78, 5) is 26.8. The van der Waals surface area contributed by atoms with Crippen molar-refractivity contribution in [1.82, 2.24) is 4.90 Å². The second-order valence-electron chi connectivity index (χ2n) is 7.53. The van der Waals surface area contributed by atoms with Gasteiger partial charge in [0.1, 0.15) is 5.75 Å². The van der Waals surface area contributed by atoms with E-state index in [4.69, 9.17) is 4.74 Å². The van der Waals surface area contributed by atoms with Crippen molar-refractivity contribution in [1.29, 1.82) is 0 Å². The van der Waals surface area contributed by atoms with Crippen LogP contribution in [-0.2, 0) is 4.79 Å². The average Bonchev–Trinajstić information content (AvgIpc) is 2.72. The molecule has 1 aliphatic rings. The van der Waals surface area contributed by atoms with Gasteiger partial charge in [0.25, 0.3) is 5.91 Å². The Hall–Kier alpha value is -3.02. The van der Waals surface area contributed by atoms with Crippen LogP contribution in [0.2, 0.25) is 0 Å². The lowest BCUT2D eigenvalue weighted by molar-refractivity contribution is -0.114. The van der Waals surface area contributed by atoms with Crippen LogP contribution in [0.25, 0.3) is 0 Å². The molecular formula is C23H29N3O3. The number of carbonyl (C=O) groups is 2. The van der Waals surface area contributed by atoms with Crippen LogP contribution in [0.1, 0.15) is 43.5 Å². The minimum Gasteiger partial charge on any atom is -0.491 e. The van der Waals surface area contributed by atoms with E-state index in [2.05, 4.69) is 10.6 Å². The molecule has 0 aliphatic carbocycles. The van der Waals surface area contributed by atoms with Gasteiger partial charge in [0, 0.05) is 36.1 Å². The number of nitrogens with zero attached hydrogens (tertiary/aromatic N) is 1. The zero-order valence-corrected chi connectivity index (χ0v) is 17.1. The number of hydrogen-bond acceptors (Lipinski definition) is 4. The lowest BCUT2D eigenvalue weighted by atomic mass is 10.1. The molecule has 0 bridgehead atoms. The van der Waals surface area contributed by atoms with E-state index in [9.17, 15) is 9.59 Å². The lowest BCUT2D eigenvalue weighted by Gasteiger charge is -2.26. The van der Waals surface area contributed by atoms with Crippen LogP contribution in [0.3, 0.4) is 0 Å². The molecule has 1 saturated heterocycles. The molecule has 0 aromatic heterocycles. The molecule has 3 rings (SSSR count). The fraction of sp³-hybridized carbons (Fsp3) is 0.391. The van der Waals surface area contributed by atoms with Crippen molar-refractivity contribution in [2.45, 2.75) is 39.2 Å². The van der Waals surface area contributed by atoms with Crippen molar-refractivity contribution < 1.29 is 14.3 Å². The predicted octanol–water partition coefficient (Wildman–Crippen LogP) is 4.15. The molecule has 0 saturated carbocycles. The molecule has 1 aliphatic heterocycles. The normalized spacial score (nSPS) is 13.8. The predicted molar refractivity (Wildman–Crippen MR) is 116 cm³/mol. The molecule has 0 unspecified atom stereocenters. The summed E-state index contributed by atoms with van der Waals surface area (Å²) in [5.74, 6) is 0.605. The highest BCUT2D eigenvalue weighted by Gasteiger charge is 2.18. The van der Waals surface area contributed by atoms with E-state index in [1.54, 1.807) is 12.1 Å². The number of hydrogen-bond donors (Lipinski definition) is 2. The van der Waals surface area contributed by atoms with Gasteiger partial charge >= 0.3 is 0 Å². The van der Waals surface area contributed by atoms with Crippen molar-refractivity contribution in [3.8, 4) is 5.75 Å². The first kappa shape index (κ1) is 20.7. The molecule has 1 heterocycles. The molecule has 154 valence electrons. The molecule has 2 amide bonds. The highest BCUT2D eigenvalue weighted by Crippen LogP contribution is 2.19. The Morgan fingerprint density at radius 3 is 2.48 bits per heavy atom. The number of amides is 2. The molecule has 29 heavy (non-hydrogen) atoms. The molecule has 6 heteroatoms. The lowest BCUT2D eigenvalue weighted by Crippen LogP contribution is -2.35. The number of carbonyl (C=O) groups excluding carboxylic acids is 2. The number of nitrogens with one attached hydrogen (secondary N) is 2. The summed E-state index contributed by atoms with van der Waals surface area (Å²) >= 11 is 0. The minimum atomic E-state index is -0.167. The first-order valence-electron chi connectivity index (χ1n) is 10.2. The Morgan fingerprint density at radius 1 is 1.00 bits per heavy atom. The Labute approximate surface area is 172 Å². The Kier molecular flexibility index (Phi) is 7.11. The fourth-order valence-corrected chi connectivity index (χ4v) is 3.35. The third-order valence-corrected chi connectivity index (χ3v) is 4.70. The molecule has 2 aromatic carbocycles. The van der Waals surface area contributed by atoms with Crippen LogP contribution in [0.4, 0.5) is 11.4 Å². The van der Waals surface area contributed by atoms with Crippen molar-refractivity contribution in [3.05, 3.63) is 54.1 Å². The third-order valence-electron chi connectivity index (χ3n) is 4.70. The maximum atomic E-state index is 12.6. The number of piperidine rings is 1. The second kappa shape index (κ2) is 9.96. The van der Waals surface area contributed by atoms with Gasteiger partial charge in [-0.1, -0.05) is 12.1 Å². The zero-order valence-electron chi connectivity index (χ0n) is 17.1. The van der Waals surface area contributed by atoms with Crippen molar-refractivity contribution >= 4 is 23.2 Å². The monoisotopic (exact) mass is 395 g/mol. The van der Waals surface area contributed by atoms with E-state index >= 15 is 0 Å². The number of anilines is 2. The standard InChI is InChI=1S/C23H29N3O3/c1-17(2)29-21-11-7-10-20(15-21)25-22(27)16-24-19-9-6-8-18(14-19)23(28)26-12-4-3-5-13-26/h6-11,14-15,17,24H,3-5,12-13,16H2,1-2H3,(H,25,27). The van der Waals surface area contributed by atoms with Gasteiger partial charge in [-0.25, -0.2) is 0 Å². The van der Waals surface area contributed by atoms with Crippen molar-refractivity contribution in [2.75, 3.05) is 30.3 Å². The van der Waals surface area contributed by atoms with Gasteiger partial charge in [0.05, 0.1) is 12.6 Å². The second-order valence-corrected chi connectivity index (χ2v) is 7.53. The summed E-state index contributed by atoms with van der Waals surface area (Å²) in [7, 11) is 0. The van der Waals surface area contributed by atoms with E-state index in [0.29, 0.717) is 11.3 Å². The molecule has 2 aromatic rings. The van der Waals surface area contributed by atoms with E-state index < -0.39 is 0 Å². The summed E-state index contributed by atoms with van der Waals surface area (Å²) < 4.78 is 5.65. The van der Waals surface area contributed by atoms with Crippen molar-refractivity contribution in [2.24, 2.45) is 0 Å². The van der Waals surface area contributed by atoms with Gasteiger partial charge in [-0.3, -0.25) is 9.59 Å². The third kappa shape index (κ3) is 6.24. The number of likely N-dealkylation sites (tertiary alicyclic amines) is 1. The summed E-state index contributed by atoms with van der Waals surface area (Å²) in [6.45, 7) is 5.66. The molecular weight excluding hydrogens is 366 g/mol. The highest BCUT2D eigenvalue weighted by atomic mass is 16.5. The smallest absolute Gasteiger partial charge is 0.253 e. The number of ether oxygens (including phenoxy) is 1. The molecule has 0 spiro atoms. The van der Waals surface area contributed by atoms with Crippen LogP contribution in [0.15, 0.2) is 48.5 Å². The van der Waals surface area contributed by atoms with Crippen LogP contribution in [0.5, 0.6) is 5.75 Å². The first-order valence-corrected chi connectivity index (χ1v) is 10.2. The first-order chi connectivity index (χ1) is 14.0. The summed E-state index contributed by atoms with van der Waals surface area (Å²) in [5, 5.41) is 5.95. The number of benzene rings is 2. The average molecular weight is 396 g/mol. The van der Waals surface area contributed by atoms with Gasteiger partial charge < -0.3 is 20.3 Å². The van der Waals surface area contributed by atoms with Crippen molar-refractivity contribution in [3.63, 3.8) is 0 Å². The van der Waals surface area contributed by atoms with Gasteiger partial charge in [0.2, 0.25) is 5.91 Å². The van der Waals surface area contributed by atoms with Crippen LogP contribution >= 0.6 is 0 Å². The maximum Gasteiger partial charge on any atom is 0.253 e. The number of rotatable bonds is 7. The van der Waals surface area contributed by atoms with Gasteiger partial charge in [-0.2, -0.15) is 0 Å². The zero-order chi connectivity index (χ0) is 20.6. The molecule has 6 nitrogen and oxygen atoms in total. The Bertz CT molecular complexity index is 845. The van der Waals surface area contributed by atoms with Gasteiger partial charge in [-0.05, 0) is 63.4 Å². The molecule has 0 atom stereocenters. The largest absolute Gasteiger partial charge is 0.491 e. The van der Waals surface area contributed by atoms with E-state index in [1.165, 1.54) is 6.42 Å². The quantitative estimate of drug-likeness (QED) is 0.739. The van der Waals surface area contributed by atoms with Gasteiger partial charge in [-0.15, -0.1) is 0 Å². The van der Waals surface area contributed by atoms with E-state index in [0.717, 1.165) is 37.4 Å². The highest BCUT2D eigenvalue weighted by molar-refractivity contribution is 5.96. The SMILES string of the molecule is CC(C)Oc1cccc(NC(=O)CNc2cccc(C(=O)N3CCCCC3)c2)c1. The fourth-order valence-electron chi connectivity index (χ4n) is 3.35. The minimum absolute atomic E-state index is 0.0553. The summed E-state index contributed by atoms with van der Waals surface area (Å²) in [6, 6.07) is 14.7. The topological polar surface area (TPSA) is 70.7 Å². The van der Waals surface area contributed by atoms with Gasteiger partial charge in [0.15, 0.2) is 0 Å². The van der Waals surface area contributed by atoms with E-state index in [-0.39, 0.29) is 24.5 Å². The van der Waals surface area contributed by atoms with Crippen LogP contribution in [-0.4, -0.2) is 42.5 Å². The maximum absolute atomic E-state index is 12.6. The molecule has 0 radical (unpaired) electrons. The Balaban J connectivity index is 1.54. The summed E-state index contributed by atoms with van der Waals surface area (Å²) in [5.41, 5.74) is 2.08. The van der Waals surface area contributed by atoms with E-state index in [1.807, 2.05) is 55.1 Å². The van der Waals surface area contributed by atoms with Crippen LogP contribution in [0, 0.1) is 0 Å².